The van der Waals surface area contributed by atoms with Crippen LogP contribution in [0.15, 0.2) is 36.8 Å². The molecule has 0 unspecified atom stereocenters. The van der Waals surface area contributed by atoms with Gasteiger partial charge in [0.2, 0.25) is 0 Å². The highest BCUT2D eigenvalue weighted by Gasteiger charge is 2.36. The first-order valence-electron chi connectivity index (χ1n) is 7.16. The first-order chi connectivity index (χ1) is 10.6. The number of hydrogen-bond donors (Lipinski definition) is 2. The Morgan fingerprint density at radius 2 is 2.23 bits per heavy atom. The van der Waals surface area contributed by atoms with Gasteiger partial charge >= 0.3 is 5.97 Å². The zero-order valence-electron chi connectivity index (χ0n) is 11.7. The molecule has 2 aromatic heterocycles. The van der Waals surface area contributed by atoms with E-state index in [1.54, 1.807) is 12.3 Å². The second-order valence-electron chi connectivity index (χ2n) is 5.76. The number of hydrogen-bond acceptors (Lipinski definition) is 2. The highest BCUT2D eigenvalue weighted by molar-refractivity contribution is 5.95. The summed E-state index contributed by atoms with van der Waals surface area (Å²) < 4.78 is 15.1. The number of halogens is 1. The summed E-state index contributed by atoms with van der Waals surface area (Å²) in [6.07, 6.45) is 6.77. The van der Waals surface area contributed by atoms with E-state index in [9.17, 15) is 9.18 Å². The predicted molar refractivity (Wildman–Crippen MR) is 78.9 cm³/mol. The largest absolute Gasteiger partial charge is 0.481 e. The van der Waals surface area contributed by atoms with Gasteiger partial charge in [0.05, 0.1) is 18.2 Å². The van der Waals surface area contributed by atoms with Crippen molar-refractivity contribution in [2.45, 2.75) is 18.9 Å². The summed E-state index contributed by atoms with van der Waals surface area (Å²) in [6, 6.07) is 4.80. The molecule has 0 radical (unpaired) electrons. The average molecular weight is 299 g/mol. The smallest absolute Gasteiger partial charge is 0.306 e. The SMILES string of the molecule is O=C(O)C1CC(n2cc(-c3c[nH]c4cc(F)ccc34)cn2)C1. The molecule has 22 heavy (non-hydrogen) atoms. The Morgan fingerprint density at radius 1 is 1.41 bits per heavy atom. The number of rotatable bonds is 3. The highest BCUT2D eigenvalue weighted by atomic mass is 19.1. The molecule has 2 heterocycles. The van der Waals surface area contributed by atoms with Gasteiger partial charge in [-0.05, 0) is 31.0 Å². The minimum atomic E-state index is -0.734. The lowest BCUT2D eigenvalue weighted by atomic mass is 9.80. The van der Waals surface area contributed by atoms with E-state index in [1.165, 1.54) is 12.1 Å². The van der Waals surface area contributed by atoms with Crippen LogP contribution >= 0.6 is 0 Å². The second kappa shape index (κ2) is 4.69. The van der Waals surface area contributed by atoms with Gasteiger partial charge in [-0.1, -0.05) is 0 Å². The van der Waals surface area contributed by atoms with Crippen molar-refractivity contribution in [1.82, 2.24) is 14.8 Å². The maximum Gasteiger partial charge on any atom is 0.306 e. The van der Waals surface area contributed by atoms with Crippen molar-refractivity contribution in [2.24, 2.45) is 5.92 Å². The minimum absolute atomic E-state index is 0.150. The number of nitrogens with one attached hydrogen (secondary N) is 1. The van der Waals surface area contributed by atoms with Crippen molar-refractivity contribution in [3.05, 3.63) is 42.6 Å². The summed E-state index contributed by atoms with van der Waals surface area (Å²) >= 11 is 0. The first kappa shape index (κ1) is 13.1. The molecular formula is C16H14FN3O2. The Hall–Kier alpha value is -2.63. The molecule has 1 saturated carbocycles. The molecule has 0 amide bonds. The predicted octanol–water partition coefficient (Wildman–Crippen LogP) is 3.21. The van der Waals surface area contributed by atoms with Gasteiger partial charge in [0.15, 0.2) is 0 Å². The standard InChI is InChI=1S/C16H14FN3O2/c17-11-1-2-13-14(7-18-15(13)5-11)10-6-19-20(8-10)12-3-9(4-12)16(21)22/h1-2,5-9,12,18H,3-4H2,(H,21,22). The number of aromatic nitrogens is 3. The Bertz CT molecular complexity index is 861. The number of fused-ring (bicyclic) bond motifs is 1. The monoisotopic (exact) mass is 299 g/mol. The van der Waals surface area contributed by atoms with Gasteiger partial charge in [-0.2, -0.15) is 5.10 Å². The van der Waals surface area contributed by atoms with Gasteiger partial charge in [-0.25, -0.2) is 4.39 Å². The van der Waals surface area contributed by atoms with Gasteiger partial charge in [-0.3, -0.25) is 9.48 Å². The Balaban J connectivity index is 1.62. The molecular weight excluding hydrogens is 285 g/mol. The molecule has 0 atom stereocenters. The fraction of sp³-hybridized carbons (Fsp3) is 0.250. The Kier molecular flexibility index (Phi) is 2.79. The first-order valence-corrected chi connectivity index (χ1v) is 7.16. The summed E-state index contributed by atoms with van der Waals surface area (Å²) in [5.74, 6) is -1.26. The molecule has 112 valence electrons. The van der Waals surface area contributed by atoms with Crippen LogP contribution in [0.4, 0.5) is 4.39 Å². The maximum atomic E-state index is 13.2. The number of carbonyl (C=O) groups is 1. The van der Waals surface area contributed by atoms with Crippen LogP contribution in [0.3, 0.4) is 0 Å². The van der Waals surface area contributed by atoms with E-state index in [0.29, 0.717) is 12.8 Å². The molecule has 1 aliphatic carbocycles. The molecule has 4 rings (SSSR count). The third kappa shape index (κ3) is 1.99. The lowest BCUT2D eigenvalue weighted by Crippen LogP contribution is -2.32. The number of benzene rings is 1. The number of aliphatic carboxylic acids is 1. The van der Waals surface area contributed by atoms with Gasteiger partial charge in [-0.15, -0.1) is 0 Å². The van der Waals surface area contributed by atoms with E-state index < -0.39 is 5.97 Å². The lowest BCUT2D eigenvalue weighted by Gasteiger charge is -2.32. The topological polar surface area (TPSA) is 70.9 Å². The number of aromatic amines is 1. The lowest BCUT2D eigenvalue weighted by molar-refractivity contribution is -0.146. The van der Waals surface area contributed by atoms with E-state index in [-0.39, 0.29) is 17.8 Å². The molecule has 5 nitrogen and oxygen atoms in total. The van der Waals surface area contributed by atoms with Crippen LogP contribution in [0, 0.1) is 11.7 Å². The second-order valence-corrected chi connectivity index (χ2v) is 5.76. The van der Waals surface area contributed by atoms with Crippen LogP contribution in [-0.2, 0) is 4.79 Å². The normalized spacial score (nSPS) is 21.0. The van der Waals surface area contributed by atoms with Gasteiger partial charge in [0.1, 0.15) is 5.82 Å². The number of carboxylic acids is 1. The van der Waals surface area contributed by atoms with Crippen LogP contribution in [0.5, 0.6) is 0 Å². The molecule has 0 spiro atoms. The van der Waals surface area contributed by atoms with Crippen LogP contribution in [0.25, 0.3) is 22.0 Å². The molecule has 0 bridgehead atoms. The third-order valence-electron chi connectivity index (χ3n) is 4.39. The van der Waals surface area contributed by atoms with Crippen molar-refractivity contribution in [3.8, 4) is 11.1 Å². The average Bonchev–Trinajstić information content (AvgIpc) is 3.02. The quantitative estimate of drug-likeness (QED) is 0.780. The summed E-state index contributed by atoms with van der Waals surface area (Å²) in [5, 5.41) is 14.2. The summed E-state index contributed by atoms with van der Waals surface area (Å²) in [4.78, 5) is 13.9. The third-order valence-corrected chi connectivity index (χ3v) is 4.39. The molecule has 6 heteroatoms. The zero-order chi connectivity index (χ0) is 15.3. The molecule has 1 fully saturated rings. The van der Waals surface area contributed by atoms with Gasteiger partial charge in [0, 0.05) is 34.4 Å². The van der Waals surface area contributed by atoms with Crippen LogP contribution < -0.4 is 0 Å². The van der Waals surface area contributed by atoms with Crippen molar-refractivity contribution < 1.29 is 14.3 Å². The van der Waals surface area contributed by atoms with Crippen LogP contribution in [0.1, 0.15) is 18.9 Å². The summed E-state index contributed by atoms with van der Waals surface area (Å²) in [7, 11) is 0. The number of nitrogens with zero attached hydrogens (tertiary/aromatic N) is 2. The molecule has 1 aliphatic rings. The highest BCUT2D eigenvalue weighted by Crippen LogP contribution is 2.38. The van der Waals surface area contributed by atoms with Gasteiger partial charge < -0.3 is 10.1 Å². The molecule has 0 aliphatic heterocycles. The molecule has 3 aromatic rings. The fourth-order valence-electron chi connectivity index (χ4n) is 3.02. The zero-order valence-corrected chi connectivity index (χ0v) is 11.7. The van der Waals surface area contributed by atoms with E-state index in [1.807, 2.05) is 17.1 Å². The van der Waals surface area contributed by atoms with Crippen molar-refractivity contribution in [2.75, 3.05) is 0 Å². The summed E-state index contributed by atoms with van der Waals surface area (Å²) in [5.41, 5.74) is 2.66. The van der Waals surface area contributed by atoms with Gasteiger partial charge in [0.25, 0.3) is 0 Å². The van der Waals surface area contributed by atoms with Crippen LogP contribution in [0.2, 0.25) is 0 Å². The van der Waals surface area contributed by atoms with Crippen molar-refractivity contribution in [1.29, 1.82) is 0 Å². The minimum Gasteiger partial charge on any atom is -0.481 e. The van der Waals surface area contributed by atoms with Crippen LogP contribution in [-0.4, -0.2) is 25.8 Å². The molecule has 2 N–H and O–H groups in total. The fourth-order valence-corrected chi connectivity index (χ4v) is 3.02. The molecule has 1 aromatic carbocycles. The Morgan fingerprint density at radius 3 is 3.00 bits per heavy atom. The molecule has 0 saturated heterocycles. The number of carboxylic acid groups (broad SMARTS) is 1. The van der Waals surface area contributed by atoms with E-state index in [0.717, 1.165) is 22.0 Å². The van der Waals surface area contributed by atoms with E-state index >= 15 is 0 Å². The summed E-state index contributed by atoms with van der Waals surface area (Å²) in [6.45, 7) is 0. The van der Waals surface area contributed by atoms with E-state index in [2.05, 4.69) is 10.1 Å². The number of H-pyrrole nitrogens is 1. The Labute approximate surface area is 125 Å². The maximum absolute atomic E-state index is 13.2. The van der Waals surface area contributed by atoms with E-state index in [4.69, 9.17) is 5.11 Å². The van der Waals surface area contributed by atoms with Crippen molar-refractivity contribution >= 4 is 16.9 Å². The van der Waals surface area contributed by atoms with Crippen molar-refractivity contribution in [3.63, 3.8) is 0 Å².